The fourth-order valence-corrected chi connectivity index (χ4v) is 2.36. The zero-order valence-electron chi connectivity index (χ0n) is 12.7. The maximum atomic E-state index is 10.3. The molecule has 0 fully saturated rings. The first-order chi connectivity index (χ1) is 8.86. The van der Waals surface area contributed by atoms with Gasteiger partial charge in [0.1, 0.15) is 0 Å². The zero-order chi connectivity index (χ0) is 14.5. The Bertz CT molecular complexity index is 379. The summed E-state index contributed by atoms with van der Waals surface area (Å²) in [6.07, 6.45) is 3.65. The van der Waals surface area contributed by atoms with Crippen LogP contribution in [0.5, 0.6) is 0 Å². The summed E-state index contributed by atoms with van der Waals surface area (Å²) < 4.78 is 0. The summed E-state index contributed by atoms with van der Waals surface area (Å²) in [4.78, 5) is 0. The summed E-state index contributed by atoms with van der Waals surface area (Å²) in [6.45, 7) is 7.97. The molecule has 2 atom stereocenters. The van der Waals surface area contributed by atoms with Gasteiger partial charge in [-0.2, -0.15) is 0 Å². The molecule has 0 saturated carbocycles. The van der Waals surface area contributed by atoms with Gasteiger partial charge in [0.2, 0.25) is 0 Å². The molecule has 0 radical (unpaired) electrons. The van der Waals surface area contributed by atoms with Gasteiger partial charge in [-0.25, -0.2) is 0 Å². The first-order valence-electron chi connectivity index (χ1n) is 7.36. The highest BCUT2D eigenvalue weighted by atomic mass is 16.3. The summed E-state index contributed by atoms with van der Waals surface area (Å²) in [7, 11) is 0. The first kappa shape index (κ1) is 16.2. The van der Waals surface area contributed by atoms with Gasteiger partial charge in [0, 0.05) is 0 Å². The third-order valence-electron chi connectivity index (χ3n) is 3.85. The van der Waals surface area contributed by atoms with Crippen LogP contribution in [0.15, 0.2) is 24.3 Å². The van der Waals surface area contributed by atoms with Gasteiger partial charge in [0.15, 0.2) is 0 Å². The lowest BCUT2D eigenvalue weighted by Crippen LogP contribution is -2.19. The van der Waals surface area contributed by atoms with E-state index in [1.165, 1.54) is 6.42 Å². The SMILES string of the molecule is CCC(C)CCC[C@@H](O)c1ccccc1C(C)(C)O. The van der Waals surface area contributed by atoms with Gasteiger partial charge in [-0.3, -0.25) is 0 Å². The van der Waals surface area contributed by atoms with Crippen LogP contribution in [0, 0.1) is 5.92 Å². The second-order valence-electron chi connectivity index (χ2n) is 6.11. The summed E-state index contributed by atoms with van der Waals surface area (Å²) in [5, 5.41) is 20.5. The van der Waals surface area contributed by atoms with E-state index in [0.29, 0.717) is 0 Å². The van der Waals surface area contributed by atoms with Crippen molar-refractivity contribution >= 4 is 0 Å². The molecule has 0 aromatic heterocycles. The van der Waals surface area contributed by atoms with Crippen molar-refractivity contribution in [2.45, 2.75) is 65.1 Å². The lowest BCUT2D eigenvalue weighted by atomic mass is 9.88. The van der Waals surface area contributed by atoms with E-state index >= 15 is 0 Å². The van der Waals surface area contributed by atoms with Gasteiger partial charge in [-0.1, -0.05) is 57.4 Å². The van der Waals surface area contributed by atoms with Crippen LogP contribution in [-0.4, -0.2) is 10.2 Å². The standard InChI is InChI=1S/C17H28O2/c1-5-13(2)9-8-12-16(18)14-10-6-7-11-15(14)17(3,4)19/h6-7,10-11,13,16,18-19H,5,8-9,12H2,1-4H3/t13?,16-/m1/s1. The van der Waals surface area contributed by atoms with Crippen LogP contribution >= 0.6 is 0 Å². The van der Waals surface area contributed by atoms with Crippen molar-refractivity contribution in [3.8, 4) is 0 Å². The highest BCUT2D eigenvalue weighted by Gasteiger charge is 2.22. The van der Waals surface area contributed by atoms with Crippen molar-refractivity contribution in [3.05, 3.63) is 35.4 Å². The van der Waals surface area contributed by atoms with E-state index in [1.54, 1.807) is 13.8 Å². The van der Waals surface area contributed by atoms with E-state index in [9.17, 15) is 10.2 Å². The lowest BCUT2D eigenvalue weighted by Gasteiger charge is -2.24. The minimum atomic E-state index is -0.908. The van der Waals surface area contributed by atoms with Crippen LogP contribution in [0.4, 0.5) is 0 Å². The molecule has 1 rings (SSSR count). The van der Waals surface area contributed by atoms with Crippen molar-refractivity contribution < 1.29 is 10.2 Å². The van der Waals surface area contributed by atoms with E-state index < -0.39 is 11.7 Å². The van der Waals surface area contributed by atoms with E-state index in [1.807, 2.05) is 24.3 Å². The lowest BCUT2D eigenvalue weighted by molar-refractivity contribution is 0.0720. The Balaban J connectivity index is 2.69. The third kappa shape index (κ3) is 4.96. The molecule has 1 aromatic carbocycles. The Kier molecular flexibility index (Phi) is 6.02. The van der Waals surface area contributed by atoms with Crippen molar-refractivity contribution in [2.24, 2.45) is 5.92 Å². The Labute approximate surface area is 117 Å². The molecular formula is C17H28O2. The number of aliphatic hydroxyl groups excluding tert-OH is 1. The molecule has 0 bridgehead atoms. The average Bonchev–Trinajstić information content (AvgIpc) is 2.37. The smallest absolute Gasteiger partial charge is 0.0844 e. The molecule has 0 saturated heterocycles. The van der Waals surface area contributed by atoms with Crippen LogP contribution in [0.2, 0.25) is 0 Å². The molecule has 2 nitrogen and oxygen atoms in total. The average molecular weight is 264 g/mol. The monoisotopic (exact) mass is 264 g/mol. The van der Waals surface area contributed by atoms with Crippen molar-refractivity contribution in [1.29, 1.82) is 0 Å². The Morgan fingerprint density at radius 3 is 2.37 bits per heavy atom. The van der Waals surface area contributed by atoms with Crippen LogP contribution < -0.4 is 0 Å². The first-order valence-corrected chi connectivity index (χ1v) is 7.36. The van der Waals surface area contributed by atoms with Gasteiger partial charge in [0.05, 0.1) is 11.7 Å². The summed E-state index contributed by atoms with van der Waals surface area (Å²) in [5.41, 5.74) is 0.777. The number of hydrogen-bond donors (Lipinski definition) is 2. The molecule has 2 N–H and O–H groups in total. The molecule has 2 heteroatoms. The molecular weight excluding hydrogens is 236 g/mol. The highest BCUT2D eigenvalue weighted by Crippen LogP contribution is 2.30. The third-order valence-corrected chi connectivity index (χ3v) is 3.85. The fourth-order valence-electron chi connectivity index (χ4n) is 2.36. The molecule has 0 aliphatic heterocycles. The van der Waals surface area contributed by atoms with Crippen molar-refractivity contribution in [2.75, 3.05) is 0 Å². The second kappa shape index (κ2) is 7.06. The van der Waals surface area contributed by atoms with Gasteiger partial charge in [0.25, 0.3) is 0 Å². The quantitative estimate of drug-likeness (QED) is 0.776. The van der Waals surface area contributed by atoms with Crippen LogP contribution in [0.3, 0.4) is 0 Å². The van der Waals surface area contributed by atoms with E-state index in [2.05, 4.69) is 13.8 Å². The predicted octanol–water partition coefficient (Wildman–Crippen LogP) is 4.16. The van der Waals surface area contributed by atoms with Gasteiger partial charge in [-0.05, 0) is 37.3 Å². The molecule has 19 heavy (non-hydrogen) atoms. The van der Waals surface area contributed by atoms with Gasteiger partial charge < -0.3 is 10.2 Å². The van der Waals surface area contributed by atoms with E-state index in [0.717, 1.165) is 36.3 Å². The molecule has 1 unspecified atom stereocenters. The van der Waals surface area contributed by atoms with E-state index in [-0.39, 0.29) is 0 Å². The van der Waals surface area contributed by atoms with Crippen molar-refractivity contribution in [3.63, 3.8) is 0 Å². The number of hydrogen-bond acceptors (Lipinski definition) is 2. The molecule has 0 aliphatic carbocycles. The van der Waals surface area contributed by atoms with Crippen molar-refractivity contribution in [1.82, 2.24) is 0 Å². The molecule has 0 aliphatic rings. The number of benzene rings is 1. The topological polar surface area (TPSA) is 40.5 Å². The molecule has 0 heterocycles. The summed E-state index contributed by atoms with van der Waals surface area (Å²) in [5.74, 6) is 0.719. The second-order valence-corrected chi connectivity index (χ2v) is 6.11. The van der Waals surface area contributed by atoms with Gasteiger partial charge >= 0.3 is 0 Å². The Morgan fingerprint density at radius 1 is 1.16 bits per heavy atom. The highest BCUT2D eigenvalue weighted by molar-refractivity contribution is 5.33. The minimum Gasteiger partial charge on any atom is -0.388 e. The Hall–Kier alpha value is -0.860. The maximum absolute atomic E-state index is 10.3. The molecule has 1 aromatic rings. The number of aliphatic hydroxyl groups is 2. The van der Waals surface area contributed by atoms with Crippen LogP contribution in [0.25, 0.3) is 0 Å². The molecule has 0 spiro atoms. The largest absolute Gasteiger partial charge is 0.388 e. The molecule has 108 valence electrons. The molecule has 0 amide bonds. The fraction of sp³-hybridized carbons (Fsp3) is 0.647. The summed E-state index contributed by atoms with van der Waals surface area (Å²) >= 11 is 0. The van der Waals surface area contributed by atoms with Gasteiger partial charge in [-0.15, -0.1) is 0 Å². The van der Waals surface area contributed by atoms with Crippen LogP contribution in [0.1, 0.15) is 70.6 Å². The minimum absolute atomic E-state index is 0.480. The normalized spacial score (nSPS) is 15.3. The number of rotatable bonds is 7. The Morgan fingerprint density at radius 2 is 1.79 bits per heavy atom. The summed E-state index contributed by atoms with van der Waals surface area (Å²) in [6, 6.07) is 7.64. The van der Waals surface area contributed by atoms with E-state index in [4.69, 9.17) is 0 Å². The zero-order valence-corrected chi connectivity index (χ0v) is 12.7. The predicted molar refractivity (Wildman–Crippen MR) is 80.0 cm³/mol. The maximum Gasteiger partial charge on any atom is 0.0844 e. The van der Waals surface area contributed by atoms with Crippen LogP contribution in [-0.2, 0) is 5.60 Å².